The average Bonchev–Trinajstić information content (AvgIpc) is 2.50. The number of rotatable bonds is 18. The second kappa shape index (κ2) is 24.2. The first-order valence-electron chi connectivity index (χ1n) is 10.1. The van der Waals surface area contributed by atoms with E-state index in [1.54, 1.807) is 0 Å². The molecular formula is C20H44BrP. The highest BCUT2D eigenvalue weighted by Gasteiger charge is 1.94. The Morgan fingerprint density at radius 1 is 0.409 bits per heavy atom. The maximum absolute atomic E-state index is 2.30. The van der Waals surface area contributed by atoms with E-state index in [1.807, 2.05) is 0 Å². The molecule has 0 fully saturated rings. The van der Waals surface area contributed by atoms with Gasteiger partial charge in [-0.1, -0.05) is 104 Å². The van der Waals surface area contributed by atoms with E-state index in [-0.39, 0.29) is 17.0 Å². The monoisotopic (exact) mass is 394 g/mol. The molecule has 1 atom stereocenters. The Hall–Kier alpha value is 0.910. The van der Waals surface area contributed by atoms with Crippen LogP contribution in [0.5, 0.6) is 0 Å². The fraction of sp³-hybridized carbons (Fsp3) is 1.00. The van der Waals surface area contributed by atoms with Gasteiger partial charge in [-0.15, -0.1) is 25.6 Å². The van der Waals surface area contributed by atoms with Crippen molar-refractivity contribution < 1.29 is 0 Å². The molecule has 0 aromatic heterocycles. The van der Waals surface area contributed by atoms with Crippen LogP contribution in [-0.2, 0) is 0 Å². The molecule has 0 aromatic rings. The zero-order valence-electron chi connectivity index (χ0n) is 15.6. The lowest BCUT2D eigenvalue weighted by atomic mass is 10.1. The minimum absolute atomic E-state index is 0. The molecule has 0 amide bonds. The first kappa shape index (κ1) is 25.2. The highest BCUT2D eigenvalue weighted by molar-refractivity contribution is 8.93. The Labute approximate surface area is 154 Å². The van der Waals surface area contributed by atoms with Crippen molar-refractivity contribution in [1.82, 2.24) is 0 Å². The fourth-order valence-corrected chi connectivity index (χ4v) is 4.14. The second-order valence-electron chi connectivity index (χ2n) is 6.70. The molecule has 0 nitrogen and oxygen atoms in total. The van der Waals surface area contributed by atoms with Gasteiger partial charge in [-0.3, -0.25) is 0 Å². The third-order valence-corrected chi connectivity index (χ3v) is 5.83. The number of halogens is 1. The largest absolute Gasteiger partial charge is 0.122 e. The van der Waals surface area contributed by atoms with Gasteiger partial charge in [0.25, 0.3) is 0 Å². The first-order chi connectivity index (χ1) is 10.4. The summed E-state index contributed by atoms with van der Waals surface area (Å²) in [5.41, 5.74) is 0. The zero-order valence-corrected chi connectivity index (χ0v) is 18.3. The SMILES string of the molecule is Br.CCCCCCCCCCCCCCPCCCCCC. The molecule has 0 saturated carbocycles. The molecule has 136 valence electrons. The molecule has 0 rings (SSSR count). The van der Waals surface area contributed by atoms with Crippen LogP contribution in [0.15, 0.2) is 0 Å². The molecule has 0 radical (unpaired) electrons. The van der Waals surface area contributed by atoms with Crippen molar-refractivity contribution in [2.24, 2.45) is 0 Å². The highest BCUT2D eigenvalue weighted by atomic mass is 79.9. The lowest BCUT2D eigenvalue weighted by molar-refractivity contribution is 0.548. The van der Waals surface area contributed by atoms with Crippen LogP contribution in [0.1, 0.15) is 117 Å². The highest BCUT2D eigenvalue weighted by Crippen LogP contribution is 2.18. The van der Waals surface area contributed by atoms with E-state index in [1.165, 1.54) is 124 Å². The van der Waals surface area contributed by atoms with E-state index in [9.17, 15) is 0 Å². The molecule has 0 saturated heterocycles. The van der Waals surface area contributed by atoms with Crippen molar-refractivity contribution >= 4 is 25.6 Å². The Morgan fingerprint density at radius 2 is 0.682 bits per heavy atom. The summed E-state index contributed by atoms with van der Waals surface area (Å²) in [6, 6.07) is 0. The zero-order chi connectivity index (χ0) is 15.4. The third kappa shape index (κ3) is 23.2. The maximum Gasteiger partial charge on any atom is -0.0353 e. The van der Waals surface area contributed by atoms with Gasteiger partial charge in [0.05, 0.1) is 0 Å². The Morgan fingerprint density at radius 3 is 1.05 bits per heavy atom. The molecule has 2 heteroatoms. The van der Waals surface area contributed by atoms with Crippen LogP contribution < -0.4 is 0 Å². The molecule has 1 unspecified atom stereocenters. The number of hydrogen-bond donors (Lipinski definition) is 0. The molecule has 0 aromatic carbocycles. The van der Waals surface area contributed by atoms with E-state index in [0.717, 1.165) is 0 Å². The normalized spacial score (nSPS) is 11.2. The summed E-state index contributed by atoms with van der Waals surface area (Å²) in [7, 11) is 1.26. The van der Waals surface area contributed by atoms with Gasteiger partial charge in [0, 0.05) is 0 Å². The lowest BCUT2D eigenvalue weighted by Crippen LogP contribution is -1.85. The van der Waals surface area contributed by atoms with Gasteiger partial charge in [-0.25, -0.2) is 0 Å². The summed E-state index contributed by atoms with van der Waals surface area (Å²) in [5, 5.41) is 0. The summed E-state index contributed by atoms with van der Waals surface area (Å²) in [6.07, 6.45) is 26.5. The van der Waals surface area contributed by atoms with E-state index in [4.69, 9.17) is 0 Å². The summed E-state index contributed by atoms with van der Waals surface area (Å²) >= 11 is 0. The molecule has 0 N–H and O–H groups in total. The van der Waals surface area contributed by atoms with Gasteiger partial charge >= 0.3 is 0 Å². The van der Waals surface area contributed by atoms with Crippen molar-refractivity contribution in [2.75, 3.05) is 12.3 Å². The van der Waals surface area contributed by atoms with Crippen LogP contribution in [0.2, 0.25) is 0 Å². The van der Waals surface area contributed by atoms with Crippen LogP contribution in [0, 0.1) is 0 Å². The summed E-state index contributed by atoms with van der Waals surface area (Å²) in [4.78, 5) is 0. The molecule has 0 bridgehead atoms. The topological polar surface area (TPSA) is 0 Å². The quantitative estimate of drug-likeness (QED) is 0.161. The van der Waals surface area contributed by atoms with Crippen LogP contribution in [-0.4, -0.2) is 12.3 Å². The predicted molar refractivity (Wildman–Crippen MR) is 114 cm³/mol. The lowest BCUT2D eigenvalue weighted by Gasteiger charge is -2.03. The first-order valence-corrected chi connectivity index (χ1v) is 11.5. The Bertz CT molecular complexity index is 155. The van der Waals surface area contributed by atoms with E-state index in [2.05, 4.69) is 13.8 Å². The molecule has 0 aliphatic carbocycles. The average molecular weight is 395 g/mol. The van der Waals surface area contributed by atoms with Crippen LogP contribution in [0.3, 0.4) is 0 Å². The van der Waals surface area contributed by atoms with Crippen molar-refractivity contribution in [3.8, 4) is 0 Å². The van der Waals surface area contributed by atoms with Gasteiger partial charge < -0.3 is 0 Å². The number of unbranched alkanes of at least 4 members (excludes halogenated alkanes) is 14. The van der Waals surface area contributed by atoms with Gasteiger partial charge in [0.2, 0.25) is 0 Å². The van der Waals surface area contributed by atoms with Gasteiger partial charge in [0.15, 0.2) is 0 Å². The third-order valence-electron chi connectivity index (χ3n) is 4.41. The minimum Gasteiger partial charge on any atom is -0.122 e. The summed E-state index contributed by atoms with van der Waals surface area (Å²) in [5.74, 6) is 0. The Balaban J connectivity index is 0. The van der Waals surface area contributed by atoms with Crippen molar-refractivity contribution in [2.45, 2.75) is 117 Å². The summed E-state index contributed by atoms with van der Waals surface area (Å²) in [6.45, 7) is 4.60. The molecular weight excluding hydrogens is 351 g/mol. The summed E-state index contributed by atoms with van der Waals surface area (Å²) < 4.78 is 0. The molecule has 22 heavy (non-hydrogen) atoms. The van der Waals surface area contributed by atoms with Crippen molar-refractivity contribution in [3.63, 3.8) is 0 Å². The van der Waals surface area contributed by atoms with E-state index in [0.29, 0.717) is 0 Å². The fourth-order valence-electron chi connectivity index (χ4n) is 2.89. The van der Waals surface area contributed by atoms with Gasteiger partial charge in [-0.05, 0) is 25.2 Å². The van der Waals surface area contributed by atoms with Crippen LogP contribution in [0.25, 0.3) is 0 Å². The Kier molecular flexibility index (Phi) is 27.6. The second-order valence-corrected chi connectivity index (χ2v) is 8.20. The van der Waals surface area contributed by atoms with Crippen LogP contribution >= 0.6 is 25.6 Å². The molecule has 0 aliphatic heterocycles. The van der Waals surface area contributed by atoms with Crippen molar-refractivity contribution in [1.29, 1.82) is 0 Å². The maximum atomic E-state index is 2.30. The number of hydrogen-bond acceptors (Lipinski definition) is 0. The van der Waals surface area contributed by atoms with Gasteiger partial charge in [-0.2, -0.15) is 0 Å². The smallest absolute Gasteiger partial charge is 0.0353 e. The molecule has 0 spiro atoms. The predicted octanol–water partition coefficient (Wildman–Crippen LogP) is 8.52. The van der Waals surface area contributed by atoms with Crippen LogP contribution in [0.4, 0.5) is 0 Å². The van der Waals surface area contributed by atoms with Gasteiger partial charge in [0.1, 0.15) is 0 Å². The van der Waals surface area contributed by atoms with E-state index >= 15 is 0 Å². The standard InChI is InChI=1S/C20H43P.BrH/c1-3-5-7-9-10-11-12-13-14-15-16-18-20-21-19-17-8-6-4-2;/h21H,3-20H2,1-2H3;1H. The van der Waals surface area contributed by atoms with Crippen molar-refractivity contribution in [3.05, 3.63) is 0 Å². The molecule has 0 heterocycles. The molecule has 0 aliphatic rings. The minimum atomic E-state index is 0. The van der Waals surface area contributed by atoms with E-state index < -0.39 is 0 Å².